The van der Waals surface area contributed by atoms with Crippen LogP contribution in [-0.4, -0.2) is 17.6 Å². The van der Waals surface area contributed by atoms with E-state index in [0.29, 0.717) is 16.8 Å². The number of pyridine rings is 1. The van der Waals surface area contributed by atoms with Crippen LogP contribution in [-0.2, 0) is 11.2 Å². The maximum Gasteiger partial charge on any atom is 0.338 e. The Morgan fingerprint density at radius 1 is 1.21 bits per heavy atom. The highest BCUT2D eigenvalue weighted by atomic mass is 79.9. The van der Waals surface area contributed by atoms with Gasteiger partial charge >= 0.3 is 5.97 Å². The lowest BCUT2D eigenvalue weighted by atomic mass is 10.1. The Labute approximate surface area is 120 Å². The molecule has 98 valence electrons. The van der Waals surface area contributed by atoms with Gasteiger partial charge in [0.2, 0.25) is 0 Å². The number of carbonyl (C=O) groups is 1. The molecule has 0 aliphatic heterocycles. The van der Waals surface area contributed by atoms with Crippen molar-refractivity contribution in [3.05, 3.63) is 64.4 Å². The van der Waals surface area contributed by atoms with Crippen LogP contribution >= 0.6 is 15.9 Å². The first-order chi connectivity index (χ1) is 9.25. The lowest BCUT2D eigenvalue weighted by Gasteiger charge is -2.05. The summed E-state index contributed by atoms with van der Waals surface area (Å²) in [6.45, 7) is 0.424. The minimum atomic E-state index is -0.309. The zero-order chi connectivity index (χ0) is 13.5. The molecule has 0 fully saturated rings. The smallest absolute Gasteiger partial charge is 0.338 e. The van der Waals surface area contributed by atoms with Gasteiger partial charge < -0.3 is 4.74 Å². The second kappa shape index (κ2) is 7.04. The zero-order valence-electron chi connectivity index (χ0n) is 10.4. The van der Waals surface area contributed by atoms with E-state index in [1.54, 1.807) is 18.3 Å². The largest absolute Gasteiger partial charge is 0.462 e. The van der Waals surface area contributed by atoms with E-state index >= 15 is 0 Å². The molecule has 0 amide bonds. The maximum atomic E-state index is 11.7. The van der Waals surface area contributed by atoms with Gasteiger partial charge in [-0.3, -0.25) is 0 Å². The van der Waals surface area contributed by atoms with Gasteiger partial charge in [0, 0.05) is 6.20 Å². The summed E-state index contributed by atoms with van der Waals surface area (Å²) in [5, 5.41) is 0. The lowest BCUT2D eigenvalue weighted by molar-refractivity contribution is 0.0500. The minimum Gasteiger partial charge on any atom is -0.462 e. The number of nitrogens with zero attached hydrogens (tertiary/aromatic N) is 1. The fourth-order valence-electron chi connectivity index (χ4n) is 1.70. The Hall–Kier alpha value is -1.68. The van der Waals surface area contributed by atoms with Crippen molar-refractivity contribution < 1.29 is 9.53 Å². The van der Waals surface area contributed by atoms with E-state index in [1.165, 1.54) is 5.56 Å². The van der Waals surface area contributed by atoms with Gasteiger partial charge in [-0.25, -0.2) is 9.78 Å². The van der Waals surface area contributed by atoms with Crippen molar-refractivity contribution in [2.24, 2.45) is 0 Å². The Bertz CT molecular complexity index is 543. The fourth-order valence-corrected chi connectivity index (χ4v) is 2.06. The van der Waals surface area contributed by atoms with E-state index in [9.17, 15) is 4.79 Å². The average molecular weight is 320 g/mol. The maximum absolute atomic E-state index is 11.7. The molecular weight excluding hydrogens is 306 g/mol. The first kappa shape index (κ1) is 13.7. The molecule has 19 heavy (non-hydrogen) atoms. The molecule has 0 spiro atoms. The van der Waals surface area contributed by atoms with E-state index in [-0.39, 0.29) is 5.97 Å². The Kier molecular flexibility index (Phi) is 5.10. The molecule has 0 radical (unpaired) electrons. The molecule has 1 aromatic carbocycles. The molecule has 0 saturated carbocycles. The van der Waals surface area contributed by atoms with Gasteiger partial charge in [-0.15, -0.1) is 0 Å². The standard InChI is InChI=1S/C15H14BrNO2/c16-14-11-13(8-9-17-14)15(18)19-10-4-7-12-5-2-1-3-6-12/h1-3,5-6,8-9,11H,4,7,10H2. The third-order valence-electron chi connectivity index (χ3n) is 2.65. The Morgan fingerprint density at radius 3 is 2.74 bits per heavy atom. The number of hydrogen-bond donors (Lipinski definition) is 0. The van der Waals surface area contributed by atoms with Crippen LogP contribution < -0.4 is 0 Å². The topological polar surface area (TPSA) is 39.2 Å². The number of hydrogen-bond acceptors (Lipinski definition) is 3. The van der Waals surface area contributed by atoms with E-state index < -0.39 is 0 Å². The molecule has 0 N–H and O–H groups in total. The van der Waals surface area contributed by atoms with Gasteiger partial charge in [0.25, 0.3) is 0 Å². The van der Waals surface area contributed by atoms with E-state index in [4.69, 9.17) is 4.74 Å². The number of carbonyl (C=O) groups excluding carboxylic acids is 1. The summed E-state index contributed by atoms with van der Waals surface area (Å²) >= 11 is 3.22. The molecule has 0 unspecified atom stereocenters. The van der Waals surface area contributed by atoms with Crippen molar-refractivity contribution >= 4 is 21.9 Å². The molecule has 0 aliphatic carbocycles. The van der Waals surface area contributed by atoms with Crippen LogP contribution in [0.15, 0.2) is 53.3 Å². The summed E-state index contributed by atoms with van der Waals surface area (Å²) < 4.78 is 5.85. The molecule has 0 bridgehead atoms. The fraction of sp³-hybridized carbons (Fsp3) is 0.200. The van der Waals surface area contributed by atoms with Crippen LogP contribution in [0.4, 0.5) is 0 Å². The number of halogens is 1. The Balaban J connectivity index is 1.75. The summed E-state index contributed by atoms with van der Waals surface area (Å²) in [6.07, 6.45) is 3.31. The molecule has 3 nitrogen and oxygen atoms in total. The molecule has 4 heteroatoms. The first-order valence-corrected chi connectivity index (χ1v) is 6.87. The molecule has 1 aromatic heterocycles. The average Bonchev–Trinajstić information content (AvgIpc) is 2.44. The Morgan fingerprint density at radius 2 is 2.00 bits per heavy atom. The van der Waals surface area contributed by atoms with Crippen LogP contribution in [0.1, 0.15) is 22.3 Å². The highest BCUT2D eigenvalue weighted by Crippen LogP contribution is 2.09. The van der Waals surface area contributed by atoms with Gasteiger partial charge in [-0.1, -0.05) is 30.3 Å². The van der Waals surface area contributed by atoms with Crippen molar-refractivity contribution in [3.63, 3.8) is 0 Å². The summed E-state index contributed by atoms with van der Waals surface area (Å²) in [5.41, 5.74) is 1.77. The summed E-state index contributed by atoms with van der Waals surface area (Å²) in [6, 6.07) is 13.4. The van der Waals surface area contributed by atoms with Gasteiger partial charge in [0.1, 0.15) is 4.60 Å². The number of esters is 1. The van der Waals surface area contributed by atoms with E-state index in [0.717, 1.165) is 12.8 Å². The second-order valence-corrected chi connectivity index (χ2v) is 4.90. The van der Waals surface area contributed by atoms with Gasteiger partial charge in [-0.2, -0.15) is 0 Å². The van der Waals surface area contributed by atoms with Crippen molar-refractivity contribution in [2.45, 2.75) is 12.8 Å². The quantitative estimate of drug-likeness (QED) is 0.480. The third-order valence-corrected chi connectivity index (χ3v) is 3.08. The van der Waals surface area contributed by atoms with Crippen molar-refractivity contribution in [1.29, 1.82) is 0 Å². The molecule has 2 aromatic rings. The number of aryl methyl sites for hydroxylation is 1. The van der Waals surface area contributed by atoms with Crippen LogP contribution in [0.25, 0.3) is 0 Å². The number of ether oxygens (including phenoxy) is 1. The van der Waals surface area contributed by atoms with Gasteiger partial charge in [0.15, 0.2) is 0 Å². The predicted octanol–water partition coefficient (Wildman–Crippen LogP) is 3.63. The molecule has 1 heterocycles. The minimum absolute atomic E-state index is 0.309. The predicted molar refractivity (Wildman–Crippen MR) is 77.0 cm³/mol. The molecule has 0 saturated heterocycles. The zero-order valence-corrected chi connectivity index (χ0v) is 12.0. The van der Waals surface area contributed by atoms with Crippen LogP contribution in [0.3, 0.4) is 0 Å². The number of rotatable bonds is 5. The van der Waals surface area contributed by atoms with Crippen molar-refractivity contribution in [1.82, 2.24) is 4.98 Å². The molecule has 2 rings (SSSR count). The highest BCUT2D eigenvalue weighted by Gasteiger charge is 2.07. The number of aromatic nitrogens is 1. The normalized spacial score (nSPS) is 10.2. The van der Waals surface area contributed by atoms with Crippen molar-refractivity contribution in [2.75, 3.05) is 6.61 Å². The van der Waals surface area contributed by atoms with Crippen LogP contribution in [0.5, 0.6) is 0 Å². The monoisotopic (exact) mass is 319 g/mol. The summed E-state index contributed by atoms with van der Waals surface area (Å²) in [7, 11) is 0. The third kappa shape index (κ3) is 4.48. The molecule has 0 aliphatic rings. The lowest BCUT2D eigenvalue weighted by Crippen LogP contribution is -2.07. The first-order valence-electron chi connectivity index (χ1n) is 6.08. The second-order valence-electron chi connectivity index (χ2n) is 4.09. The molecule has 0 atom stereocenters. The van der Waals surface area contributed by atoms with E-state index in [1.807, 2.05) is 18.2 Å². The van der Waals surface area contributed by atoms with E-state index in [2.05, 4.69) is 33.0 Å². The highest BCUT2D eigenvalue weighted by molar-refractivity contribution is 9.10. The van der Waals surface area contributed by atoms with Gasteiger partial charge in [-0.05, 0) is 46.5 Å². The van der Waals surface area contributed by atoms with Crippen LogP contribution in [0.2, 0.25) is 0 Å². The summed E-state index contributed by atoms with van der Waals surface area (Å²) in [5.74, 6) is -0.309. The van der Waals surface area contributed by atoms with Gasteiger partial charge in [0.05, 0.1) is 12.2 Å². The van der Waals surface area contributed by atoms with Crippen LogP contribution in [0, 0.1) is 0 Å². The summed E-state index contributed by atoms with van der Waals surface area (Å²) in [4.78, 5) is 15.7. The number of benzene rings is 1. The SMILES string of the molecule is O=C(OCCCc1ccccc1)c1ccnc(Br)c1. The van der Waals surface area contributed by atoms with Crippen molar-refractivity contribution in [3.8, 4) is 0 Å². The molecular formula is C15H14BrNO2.